The molecule has 0 atom stereocenters. The van der Waals surface area contributed by atoms with Crippen LogP contribution in [0.25, 0.3) is 10.9 Å². The summed E-state index contributed by atoms with van der Waals surface area (Å²) in [5.41, 5.74) is 4.75. The van der Waals surface area contributed by atoms with Crippen LogP contribution in [0.1, 0.15) is 5.56 Å². The molecule has 2 aromatic heterocycles. The van der Waals surface area contributed by atoms with E-state index in [9.17, 15) is 0 Å². The van der Waals surface area contributed by atoms with E-state index in [1.54, 1.807) is 6.21 Å². The first-order valence-corrected chi connectivity index (χ1v) is 5.94. The molecule has 0 amide bonds. The molecule has 3 rings (SSSR count). The molecule has 19 heavy (non-hydrogen) atoms. The summed E-state index contributed by atoms with van der Waals surface area (Å²) < 4.78 is 1.53. The molecule has 96 valence electrons. The number of hydrogen-bond donors (Lipinski definition) is 4. The Morgan fingerprint density at radius 1 is 1.42 bits per heavy atom. The quantitative estimate of drug-likeness (QED) is 0.252. The summed E-state index contributed by atoms with van der Waals surface area (Å²) in [6.07, 6.45) is 3.58. The lowest BCUT2D eigenvalue weighted by molar-refractivity contribution is 0.971. The highest BCUT2D eigenvalue weighted by atomic mass is 32.1. The summed E-state index contributed by atoms with van der Waals surface area (Å²) in [5, 5.41) is 11.6. The molecule has 5 N–H and O–H groups in total. The molecule has 0 fully saturated rings. The fourth-order valence-electron chi connectivity index (χ4n) is 1.74. The summed E-state index contributed by atoms with van der Waals surface area (Å²) in [7, 11) is 0. The lowest BCUT2D eigenvalue weighted by Crippen LogP contribution is -2.11. The molecule has 2 heterocycles. The zero-order chi connectivity index (χ0) is 13.2. The Balaban J connectivity index is 1.83. The van der Waals surface area contributed by atoms with Crippen molar-refractivity contribution in [3.05, 3.63) is 40.8 Å². The number of benzene rings is 1. The van der Waals surface area contributed by atoms with Gasteiger partial charge in [0.2, 0.25) is 4.77 Å². The number of nitrogen functional groups attached to an aromatic ring is 1. The van der Waals surface area contributed by atoms with Crippen LogP contribution in [-0.2, 0) is 0 Å². The lowest BCUT2D eigenvalue weighted by Gasteiger charge is -1.97. The van der Waals surface area contributed by atoms with Crippen molar-refractivity contribution in [2.24, 2.45) is 5.10 Å². The largest absolute Gasteiger partial charge is 0.361 e. The topological polar surface area (TPSA) is 99.8 Å². The number of nitrogens with zero attached hydrogens (tertiary/aromatic N) is 3. The maximum absolute atomic E-state index is 5.63. The molecule has 1 aromatic carbocycles. The smallest absolute Gasteiger partial charge is 0.262 e. The summed E-state index contributed by atoms with van der Waals surface area (Å²) in [5.74, 6) is 5.98. The minimum Gasteiger partial charge on any atom is -0.361 e. The predicted molar refractivity (Wildman–Crippen MR) is 77.1 cm³/mol. The van der Waals surface area contributed by atoms with E-state index in [-0.39, 0.29) is 0 Å². The van der Waals surface area contributed by atoms with Gasteiger partial charge in [-0.3, -0.25) is 0 Å². The fraction of sp³-hybridized carbons (Fsp3) is 0. The number of anilines is 1. The number of aromatic amines is 2. The van der Waals surface area contributed by atoms with Gasteiger partial charge in [-0.15, -0.1) is 5.10 Å². The van der Waals surface area contributed by atoms with Crippen molar-refractivity contribution < 1.29 is 0 Å². The van der Waals surface area contributed by atoms with Crippen molar-refractivity contribution >= 4 is 35.3 Å². The molecule has 0 bridgehead atoms. The number of aromatic nitrogens is 4. The van der Waals surface area contributed by atoms with E-state index in [2.05, 4.69) is 25.7 Å². The molecule has 8 heteroatoms. The minimum atomic E-state index is 0.324. The third kappa shape index (κ3) is 2.08. The highest BCUT2D eigenvalue weighted by molar-refractivity contribution is 7.71. The van der Waals surface area contributed by atoms with Crippen LogP contribution in [0.2, 0.25) is 0 Å². The molecular weight excluding hydrogens is 262 g/mol. The van der Waals surface area contributed by atoms with Crippen LogP contribution in [0, 0.1) is 4.77 Å². The van der Waals surface area contributed by atoms with Crippen LogP contribution < -0.4 is 11.3 Å². The first kappa shape index (κ1) is 11.5. The first-order valence-electron chi connectivity index (χ1n) is 5.53. The van der Waals surface area contributed by atoms with E-state index in [4.69, 9.17) is 18.1 Å². The van der Waals surface area contributed by atoms with Gasteiger partial charge in [-0.25, -0.2) is 10.5 Å². The Hall–Kier alpha value is -2.61. The number of hydrogen-bond acceptors (Lipinski definition) is 5. The average molecular weight is 273 g/mol. The van der Waals surface area contributed by atoms with Crippen LogP contribution in [-0.4, -0.2) is 26.1 Å². The van der Waals surface area contributed by atoms with Crippen LogP contribution in [0.3, 0.4) is 0 Å². The fourth-order valence-corrected chi connectivity index (χ4v) is 1.88. The third-order valence-corrected chi connectivity index (χ3v) is 2.98. The Morgan fingerprint density at radius 2 is 2.26 bits per heavy atom. The normalized spacial score (nSPS) is 11.4. The average Bonchev–Trinajstić information content (AvgIpc) is 2.97. The number of H-pyrrole nitrogens is 2. The van der Waals surface area contributed by atoms with Crippen molar-refractivity contribution in [1.82, 2.24) is 19.9 Å². The van der Waals surface area contributed by atoms with Crippen molar-refractivity contribution in [3.63, 3.8) is 0 Å². The second kappa shape index (κ2) is 4.58. The lowest BCUT2D eigenvalue weighted by atomic mass is 10.2. The highest BCUT2D eigenvalue weighted by Crippen LogP contribution is 2.15. The van der Waals surface area contributed by atoms with Crippen LogP contribution in [0.5, 0.6) is 0 Å². The molecule has 0 radical (unpaired) electrons. The summed E-state index contributed by atoms with van der Waals surface area (Å²) >= 11 is 4.89. The number of nitrogens with one attached hydrogen (secondary N) is 3. The Morgan fingerprint density at radius 3 is 3.05 bits per heavy atom. The number of fused-ring (bicyclic) bond motifs is 1. The number of hydrazone groups is 1. The van der Waals surface area contributed by atoms with E-state index in [1.165, 1.54) is 4.68 Å². The van der Waals surface area contributed by atoms with E-state index >= 15 is 0 Å². The molecule has 0 unspecified atom stereocenters. The minimum absolute atomic E-state index is 0.324. The maximum Gasteiger partial charge on any atom is 0.262 e. The zero-order valence-electron chi connectivity index (χ0n) is 9.79. The molecule has 0 saturated carbocycles. The second-order valence-corrected chi connectivity index (χ2v) is 4.27. The van der Waals surface area contributed by atoms with Crippen LogP contribution >= 0.6 is 12.2 Å². The van der Waals surface area contributed by atoms with Gasteiger partial charge in [0.25, 0.3) is 5.95 Å². The molecule has 7 nitrogen and oxygen atoms in total. The van der Waals surface area contributed by atoms with Gasteiger partial charge in [-0.1, -0.05) is 18.2 Å². The van der Waals surface area contributed by atoms with Crippen molar-refractivity contribution in [2.45, 2.75) is 0 Å². The van der Waals surface area contributed by atoms with E-state index in [1.807, 2.05) is 30.5 Å². The van der Waals surface area contributed by atoms with Crippen molar-refractivity contribution in [1.29, 1.82) is 0 Å². The predicted octanol–water partition coefficient (Wildman–Crippen LogP) is 1.58. The SMILES string of the molecule is Nn1c(N/N=C/c2c[nH]c3ccccc23)n[nH]c1=S. The van der Waals surface area contributed by atoms with E-state index in [0.29, 0.717) is 10.7 Å². The maximum atomic E-state index is 5.63. The number of nitrogens with two attached hydrogens (primary N) is 1. The van der Waals surface area contributed by atoms with Gasteiger partial charge in [-0.05, 0) is 18.3 Å². The van der Waals surface area contributed by atoms with Gasteiger partial charge >= 0.3 is 0 Å². The molecular formula is C11H11N7S. The highest BCUT2D eigenvalue weighted by Gasteiger charge is 2.01. The Labute approximate surface area is 113 Å². The van der Waals surface area contributed by atoms with Gasteiger partial charge in [0, 0.05) is 22.7 Å². The first-order chi connectivity index (χ1) is 9.25. The van der Waals surface area contributed by atoms with Gasteiger partial charge in [0.05, 0.1) is 6.21 Å². The molecule has 3 aromatic rings. The molecule has 0 aliphatic rings. The van der Waals surface area contributed by atoms with Crippen LogP contribution in [0.4, 0.5) is 5.95 Å². The van der Waals surface area contributed by atoms with Gasteiger partial charge in [0.1, 0.15) is 0 Å². The molecule has 0 saturated heterocycles. The molecule has 0 aliphatic carbocycles. The number of rotatable bonds is 3. The summed E-state index contributed by atoms with van der Waals surface area (Å²) in [6.45, 7) is 0. The monoisotopic (exact) mass is 273 g/mol. The summed E-state index contributed by atoms with van der Waals surface area (Å²) in [6, 6.07) is 7.98. The van der Waals surface area contributed by atoms with E-state index < -0.39 is 0 Å². The van der Waals surface area contributed by atoms with Crippen molar-refractivity contribution in [3.8, 4) is 0 Å². The third-order valence-electron chi connectivity index (χ3n) is 2.69. The molecule has 0 aliphatic heterocycles. The Kier molecular flexibility index (Phi) is 2.76. The standard InChI is InChI=1S/C11H11N7S/c12-18-10(16-17-11(18)19)15-14-6-7-5-13-9-4-2-1-3-8(7)9/h1-6,13H,12H2,(H,15,16)(H,17,19)/b14-6+. The summed E-state index contributed by atoms with van der Waals surface area (Å²) in [4.78, 5) is 3.16. The van der Waals surface area contributed by atoms with Crippen molar-refractivity contribution in [2.75, 3.05) is 11.3 Å². The van der Waals surface area contributed by atoms with Gasteiger partial charge in [0.15, 0.2) is 0 Å². The molecule has 0 spiro atoms. The van der Waals surface area contributed by atoms with Crippen LogP contribution in [0.15, 0.2) is 35.6 Å². The van der Waals surface area contributed by atoms with Gasteiger partial charge in [-0.2, -0.15) is 9.78 Å². The number of para-hydroxylation sites is 1. The zero-order valence-corrected chi connectivity index (χ0v) is 10.6. The van der Waals surface area contributed by atoms with E-state index in [0.717, 1.165) is 16.5 Å². The Bertz CT molecular complexity index is 795. The second-order valence-electron chi connectivity index (χ2n) is 3.88. The van der Waals surface area contributed by atoms with Gasteiger partial charge < -0.3 is 10.8 Å².